The fraction of sp³-hybridized carbons (Fsp3) is 0.533. The number of nitrogens with two attached hydrogens (primary N) is 1. The van der Waals surface area contributed by atoms with Crippen molar-refractivity contribution in [2.45, 2.75) is 19.9 Å². The maximum atomic E-state index is 11.9. The van der Waals surface area contributed by atoms with Gasteiger partial charge in [-0.05, 0) is 19.9 Å². The number of ether oxygens (including phenoxy) is 4. The minimum absolute atomic E-state index is 0. The molecule has 0 aromatic heterocycles. The van der Waals surface area contributed by atoms with Crippen molar-refractivity contribution in [1.82, 2.24) is 0 Å². The number of rotatable bonds is 6. The van der Waals surface area contributed by atoms with Crippen LogP contribution in [0.25, 0.3) is 0 Å². The number of carbonyl (C=O) groups is 1. The van der Waals surface area contributed by atoms with Gasteiger partial charge in [-0.2, -0.15) is 0 Å². The number of methoxy groups -OCH3 is 4. The Hall–Kier alpha value is -1.66. The second kappa shape index (κ2) is 8.10. The summed E-state index contributed by atoms with van der Waals surface area (Å²) in [6.07, 6.45) is 0. The highest BCUT2D eigenvalue weighted by atomic mass is 35.5. The summed E-state index contributed by atoms with van der Waals surface area (Å²) in [5.74, 6) is 1.18. The number of hydrogen-bond acceptors (Lipinski definition) is 6. The van der Waals surface area contributed by atoms with Gasteiger partial charge in [-0.3, -0.25) is 4.79 Å². The van der Waals surface area contributed by atoms with Crippen molar-refractivity contribution in [3.8, 4) is 17.2 Å². The first kappa shape index (κ1) is 20.3. The van der Waals surface area contributed by atoms with E-state index in [9.17, 15) is 4.79 Å². The molecular formula is C15H24ClNO5. The molecule has 0 saturated carbocycles. The van der Waals surface area contributed by atoms with E-state index in [1.807, 2.05) is 0 Å². The Balaban J connectivity index is 0.00000441. The van der Waals surface area contributed by atoms with Crippen LogP contribution in [0.2, 0.25) is 0 Å². The van der Waals surface area contributed by atoms with Crippen LogP contribution in [-0.4, -0.2) is 34.4 Å². The summed E-state index contributed by atoms with van der Waals surface area (Å²) in [4.78, 5) is 11.9. The average molecular weight is 334 g/mol. The molecule has 0 radical (unpaired) electrons. The van der Waals surface area contributed by atoms with Gasteiger partial charge in [0.25, 0.3) is 0 Å². The maximum Gasteiger partial charge on any atom is 0.313 e. The van der Waals surface area contributed by atoms with Crippen molar-refractivity contribution in [3.05, 3.63) is 17.7 Å². The molecule has 0 aliphatic heterocycles. The van der Waals surface area contributed by atoms with E-state index < -0.39 is 17.4 Å². The number of esters is 1. The second-order valence-corrected chi connectivity index (χ2v) is 5.14. The van der Waals surface area contributed by atoms with Gasteiger partial charge < -0.3 is 24.7 Å². The SMILES string of the molecule is COC(=O)C(C)(C)[C@@H](N)c1cc(OC)c(OC)cc1OC.Cl. The molecular weight excluding hydrogens is 310 g/mol. The summed E-state index contributed by atoms with van der Waals surface area (Å²) in [5.41, 5.74) is 5.99. The maximum absolute atomic E-state index is 11.9. The molecule has 0 bridgehead atoms. The first-order chi connectivity index (χ1) is 9.83. The Morgan fingerprint density at radius 1 is 1.00 bits per heavy atom. The van der Waals surface area contributed by atoms with Crippen molar-refractivity contribution >= 4 is 18.4 Å². The molecule has 126 valence electrons. The lowest BCUT2D eigenvalue weighted by Crippen LogP contribution is -2.37. The highest BCUT2D eigenvalue weighted by molar-refractivity contribution is 5.85. The first-order valence-electron chi connectivity index (χ1n) is 6.47. The van der Waals surface area contributed by atoms with Crippen LogP contribution in [-0.2, 0) is 9.53 Å². The van der Waals surface area contributed by atoms with E-state index in [2.05, 4.69) is 0 Å². The van der Waals surface area contributed by atoms with Crippen LogP contribution >= 0.6 is 12.4 Å². The third-order valence-corrected chi connectivity index (χ3v) is 3.56. The zero-order valence-electron chi connectivity index (χ0n) is 13.8. The van der Waals surface area contributed by atoms with Crippen LogP contribution < -0.4 is 19.9 Å². The molecule has 0 saturated heterocycles. The van der Waals surface area contributed by atoms with Crippen LogP contribution in [0.4, 0.5) is 0 Å². The third-order valence-electron chi connectivity index (χ3n) is 3.56. The molecule has 2 N–H and O–H groups in total. The van der Waals surface area contributed by atoms with Gasteiger partial charge in [-0.25, -0.2) is 0 Å². The predicted octanol–water partition coefficient (Wildman–Crippen LogP) is 2.33. The van der Waals surface area contributed by atoms with Gasteiger partial charge in [0.15, 0.2) is 11.5 Å². The van der Waals surface area contributed by atoms with Gasteiger partial charge in [0.05, 0.1) is 33.9 Å². The Kier molecular flexibility index (Phi) is 7.49. The zero-order valence-corrected chi connectivity index (χ0v) is 14.6. The summed E-state index contributed by atoms with van der Waals surface area (Å²) in [6.45, 7) is 3.44. The smallest absolute Gasteiger partial charge is 0.313 e. The summed E-state index contributed by atoms with van der Waals surface area (Å²) >= 11 is 0. The van der Waals surface area contributed by atoms with Crippen molar-refractivity contribution in [3.63, 3.8) is 0 Å². The van der Waals surface area contributed by atoms with Crippen molar-refractivity contribution in [2.24, 2.45) is 11.1 Å². The van der Waals surface area contributed by atoms with Crippen LogP contribution in [0, 0.1) is 5.41 Å². The summed E-state index contributed by atoms with van der Waals surface area (Å²) in [6, 6.07) is 2.77. The predicted molar refractivity (Wildman–Crippen MR) is 86.1 cm³/mol. The van der Waals surface area contributed by atoms with Crippen LogP contribution in [0.5, 0.6) is 17.2 Å². The number of carbonyl (C=O) groups excluding carboxylic acids is 1. The van der Waals surface area contributed by atoms with Gasteiger partial charge in [-0.1, -0.05) is 0 Å². The second-order valence-electron chi connectivity index (χ2n) is 5.14. The Morgan fingerprint density at radius 3 is 1.86 bits per heavy atom. The Morgan fingerprint density at radius 2 is 1.45 bits per heavy atom. The molecule has 6 nitrogen and oxygen atoms in total. The molecule has 0 fully saturated rings. The zero-order chi connectivity index (χ0) is 16.2. The summed E-state index contributed by atoms with van der Waals surface area (Å²) in [7, 11) is 5.94. The lowest BCUT2D eigenvalue weighted by Gasteiger charge is -2.30. The molecule has 22 heavy (non-hydrogen) atoms. The van der Waals surface area contributed by atoms with E-state index in [4.69, 9.17) is 24.7 Å². The van der Waals surface area contributed by atoms with Crippen molar-refractivity contribution in [2.75, 3.05) is 28.4 Å². The van der Waals surface area contributed by atoms with Gasteiger partial charge >= 0.3 is 5.97 Å². The molecule has 0 heterocycles. The highest BCUT2D eigenvalue weighted by Gasteiger charge is 2.38. The quantitative estimate of drug-likeness (QED) is 0.805. The molecule has 0 aliphatic carbocycles. The summed E-state index contributed by atoms with van der Waals surface area (Å²) < 4.78 is 20.7. The molecule has 1 aromatic rings. The highest BCUT2D eigenvalue weighted by Crippen LogP contribution is 2.42. The average Bonchev–Trinajstić information content (AvgIpc) is 2.51. The summed E-state index contributed by atoms with van der Waals surface area (Å²) in [5, 5.41) is 0. The van der Waals surface area contributed by atoms with E-state index in [0.717, 1.165) is 0 Å². The molecule has 1 rings (SSSR count). The van der Waals surface area contributed by atoms with Gasteiger partial charge in [0, 0.05) is 17.7 Å². The van der Waals surface area contributed by atoms with Crippen molar-refractivity contribution in [1.29, 1.82) is 0 Å². The number of halogens is 1. The van der Waals surface area contributed by atoms with E-state index in [0.29, 0.717) is 22.8 Å². The fourth-order valence-electron chi connectivity index (χ4n) is 2.07. The monoisotopic (exact) mass is 333 g/mol. The van der Waals surface area contributed by atoms with Crippen LogP contribution in [0.1, 0.15) is 25.5 Å². The molecule has 0 aliphatic rings. The van der Waals surface area contributed by atoms with Gasteiger partial charge in [0.1, 0.15) is 5.75 Å². The molecule has 7 heteroatoms. The normalized spacial score (nSPS) is 12.0. The topological polar surface area (TPSA) is 80.0 Å². The molecule has 1 aromatic carbocycles. The molecule has 1 atom stereocenters. The lowest BCUT2D eigenvalue weighted by molar-refractivity contribution is -0.152. The Labute approximate surface area is 137 Å². The molecule has 0 spiro atoms. The standard InChI is InChI=1S/C15H23NO5.ClH/c1-15(2,14(17)21-6)13(16)9-7-11(19-4)12(20-5)8-10(9)18-3;/h7-8,13H,16H2,1-6H3;1H/t13-;/m0./s1. The van der Waals surface area contributed by atoms with Crippen LogP contribution in [0.3, 0.4) is 0 Å². The molecule has 0 unspecified atom stereocenters. The first-order valence-corrected chi connectivity index (χ1v) is 6.47. The van der Waals surface area contributed by atoms with Gasteiger partial charge in [-0.15, -0.1) is 12.4 Å². The largest absolute Gasteiger partial charge is 0.496 e. The Bertz CT molecular complexity index is 519. The minimum atomic E-state index is -0.915. The van der Waals surface area contributed by atoms with Crippen molar-refractivity contribution < 1.29 is 23.7 Å². The van der Waals surface area contributed by atoms with E-state index in [1.165, 1.54) is 28.4 Å². The fourth-order valence-corrected chi connectivity index (χ4v) is 2.07. The minimum Gasteiger partial charge on any atom is -0.496 e. The number of hydrogen-bond donors (Lipinski definition) is 1. The van der Waals surface area contributed by atoms with E-state index in [1.54, 1.807) is 26.0 Å². The molecule has 0 amide bonds. The van der Waals surface area contributed by atoms with E-state index >= 15 is 0 Å². The van der Waals surface area contributed by atoms with E-state index in [-0.39, 0.29) is 12.4 Å². The third kappa shape index (κ3) is 3.75. The van der Waals surface area contributed by atoms with Gasteiger partial charge in [0.2, 0.25) is 0 Å². The lowest BCUT2D eigenvalue weighted by atomic mass is 9.80. The van der Waals surface area contributed by atoms with Crippen LogP contribution in [0.15, 0.2) is 12.1 Å². The number of benzene rings is 1.